The van der Waals surface area contributed by atoms with E-state index in [0.717, 1.165) is 0 Å². The molecule has 0 saturated heterocycles. The van der Waals surface area contributed by atoms with Gasteiger partial charge in [-0.3, -0.25) is 0 Å². The SMILES string of the molecule is [H-].[H-].[KH].[O-][Cl+3]([O-])([O-])O.[Ti+4]. The number of rotatable bonds is 0. The van der Waals surface area contributed by atoms with E-state index in [0.29, 0.717) is 0 Å². The van der Waals surface area contributed by atoms with Gasteiger partial charge in [0.1, 0.15) is 0 Å². The standard InChI is InChI=1S/ClHO4.K.Ti.3H/c2-1(3,4)5;;;;;/h(H,2,3,4,5);;;;;/q;;+4;;2*-1. The van der Waals surface area contributed by atoms with Crippen molar-refractivity contribution in [2.45, 2.75) is 0 Å². The zero-order chi connectivity index (χ0) is 4.50. The molecule has 0 aromatic rings. The molecule has 4 nitrogen and oxygen atoms in total. The van der Waals surface area contributed by atoms with Crippen molar-refractivity contribution in [2.24, 2.45) is 0 Å². The first-order valence-corrected chi connectivity index (χ1v) is 1.90. The van der Waals surface area contributed by atoms with Crippen LogP contribution in [-0.4, -0.2) is 56.0 Å². The van der Waals surface area contributed by atoms with Crippen molar-refractivity contribution in [3.8, 4) is 0 Å². The van der Waals surface area contributed by atoms with Gasteiger partial charge in [-0.15, -0.1) is 0 Å². The van der Waals surface area contributed by atoms with Gasteiger partial charge in [0.05, 0.1) is 14.9 Å². The quantitative estimate of drug-likeness (QED) is 0.390. The molecule has 38 valence electrons. The number of hydrogen-bond donors (Lipinski definition) is 1. The maximum atomic E-state index is 8.60. The Morgan fingerprint density at radius 1 is 1.29 bits per heavy atom. The molecule has 0 aromatic carbocycles. The normalized spacial score (nSPS) is 8.57. The molecule has 0 aliphatic rings. The van der Waals surface area contributed by atoms with Gasteiger partial charge in [-0.2, -0.15) is 14.0 Å². The first-order valence-electron chi connectivity index (χ1n) is 0.632. The molecular formula is H4ClKO4Ti+2. The summed E-state index contributed by atoms with van der Waals surface area (Å²) in [6.45, 7) is 0. The predicted octanol–water partition coefficient (Wildman–Crippen LogP) is -4.55. The van der Waals surface area contributed by atoms with E-state index in [2.05, 4.69) is 0 Å². The van der Waals surface area contributed by atoms with Gasteiger partial charge in [0.2, 0.25) is 0 Å². The van der Waals surface area contributed by atoms with Gasteiger partial charge in [-0.05, 0) is 0 Å². The average molecular weight is 190 g/mol. The van der Waals surface area contributed by atoms with Crippen LogP contribution in [-0.2, 0) is 21.7 Å². The van der Waals surface area contributed by atoms with Crippen LogP contribution in [0.15, 0.2) is 0 Å². The Labute approximate surface area is 103 Å². The summed E-state index contributed by atoms with van der Waals surface area (Å²) in [6.07, 6.45) is 0. The van der Waals surface area contributed by atoms with Crippen molar-refractivity contribution < 1.29 is 53.5 Å². The van der Waals surface area contributed by atoms with Crippen LogP contribution in [0.4, 0.5) is 0 Å². The van der Waals surface area contributed by atoms with Crippen LogP contribution in [0.1, 0.15) is 2.85 Å². The first kappa shape index (κ1) is 16.2. The van der Waals surface area contributed by atoms with Crippen LogP contribution in [0.5, 0.6) is 0 Å². The van der Waals surface area contributed by atoms with Crippen molar-refractivity contribution in [1.82, 2.24) is 0 Å². The molecular weight excluding hydrogens is 186 g/mol. The summed E-state index contributed by atoms with van der Waals surface area (Å²) in [5.41, 5.74) is 0. The van der Waals surface area contributed by atoms with Crippen molar-refractivity contribution in [3.63, 3.8) is 0 Å². The smallest absolute Gasteiger partial charge is 0.183 e. The predicted molar refractivity (Wildman–Crippen MR) is 11.6 cm³/mol. The molecule has 0 bridgehead atoms. The molecule has 0 heterocycles. The van der Waals surface area contributed by atoms with E-state index in [9.17, 15) is 0 Å². The van der Waals surface area contributed by atoms with Gasteiger partial charge in [-0.25, -0.2) is 0 Å². The minimum Gasteiger partial charge on any atom is -0.183 e. The Bertz CT molecular complexity index is 34.0. The van der Waals surface area contributed by atoms with Crippen molar-refractivity contribution in [3.05, 3.63) is 0 Å². The fourth-order valence-corrected chi connectivity index (χ4v) is 0. The Morgan fingerprint density at radius 3 is 1.29 bits per heavy atom. The fraction of sp³-hybridized carbons (Fsp3) is 0. The molecule has 0 radical (unpaired) electrons. The van der Waals surface area contributed by atoms with E-state index >= 15 is 0 Å². The van der Waals surface area contributed by atoms with Crippen LogP contribution in [0, 0.1) is 10.2 Å². The second-order valence-corrected chi connectivity index (χ2v) is 1.19. The summed E-state index contributed by atoms with van der Waals surface area (Å²) >= 11 is 0. The topological polar surface area (TPSA) is 89.4 Å². The van der Waals surface area contributed by atoms with Crippen LogP contribution in [0.3, 0.4) is 0 Å². The van der Waals surface area contributed by atoms with Gasteiger partial charge < -0.3 is 2.85 Å². The van der Waals surface area contributed by atoms with Crippen molar-refractivity contribution in [2.75, 3.05) is 0 Å². The monoisotopic (exact) mass is 190 g/mol. The van der Waals surface area contributed by atoms with Crippen molar-refractivity contribution in [1.29, 1.82) is 0 Å². The third kappa shape index (κ3) is 57.9. The molecule has 0 spiro atoms. The average Bonchev–Trinajstić information content (AvgIpc) is 0.722. The summed E-state index contributed by atoms with van der Waals surface area (Å²) in [7, 11) is -4.69. The molecule has 0 aliphatic heterocycles. The van der Waals surface area contributed by atoms with E-state index < -0.39 is 10.2 Å². The van der Waals surface area contributed by atoms with Crippen LogP contribution >= 0.6 is 0 Å². The maximum Gasteiger partial charge on any atom is 4.00 e. The molecule has 0 rings (SSSR count). The van der Waals surface area contributed by atoms with Crippen LogP contribution < -0.4 is 14.0 Å². The van der Waals surface area contributed by atoms with E-state index in [-0.39, 0.29) is 76.0 Å². The Morgan fingerprint density at radius 2 is 1.29 bits per heavy atom. The van der Waals surface area contributed by atoms with Gasteiger partial charge in [0.15, 0.2) is 0 Å². The largest absolute Gasteiger partial charge is 4.00 e. The molecule has 7 heavy (non-hydrogen) atoms. The Balaban J connectivity index is -0.0000000133. The summed E-state index contributed by atoms with van der Waals surface area (Å²) in [5.74, 6) is 0. The van der Waals surface area contributed by atoms with Gasteiger partial charge in [0, 0.05) is 0 Å². The Hall–Kier alpha value is 2.48. The van der Waals surface area contributed by atoms with Crippen LogP contribution in [0.2, 0.25) is 0 Å². The summed E-state index contributed by atoms with van der Waals surface area (Å²) in [6, 6.07) is 0. The molecule has 7 heteroatoms. The third-order valence-electron chi connectivity index (χ3n) is 0. The maximum absolute atomic E-state index is 8.60. The zero-order valence-electron chi connectivity index (χ0n) is 4.55. The van der Waals surface area contributed by atoms with Crippen LogP contribution in [0.25, 0.3) is 0 Å². The number of hydrogen-bond acceptors (Lipinski definition) is 4. The second-order valence-electron chi connectivity index (χ2n) is 0.396. The summed E-state index contributed by atoms with van der Waals surface area (Å²) < 4.78 is 32.7. The zero-order valence-corrected chi connectivity index (χ0v) is 4.87. The fourth-order valence-electron chi connectivity index (χ4n) is 0. The van der Waals surface area contributed by atoms with Crippen molar-refractivity contribution >= 4 is 51.4 Å². The summed E-state index contributed by atoms with van der Waals surface area (Å²) in [4.78, 5) is 0. The first-order chi connectivity index (χ1) is 2.00. The van der Waals surface area contributed by atoms with Gasteiger partial charge in [-0.1, -0.05) is 0 Å². The molecule has 0 saturated carbocycles. The van der Waals surface area contributed by atoms with Gasteiger partial charge >= 0.3 is 73.1 Å². The minimum atomic E-state index is -4.69. The molecule has 1 N–H and O–H groups in total. The van der Waals surface area contributed by atoms with Gasteiger partial charge in [0.25, 0.3) is 0 Å². The van der Waals surface area contributed by atoms with E-state index in [1.54, 1.807) is 0 Å². The molecule has 0 fully saturated rings. The molecule has 0 amide bonds. The molecule has 0 aliphatic carbocycles. The molecule has 0 unspecified atom stereocenters. The summed E-state index contributed by atoms with van der Waals surface area (Å²) in [5, 5.41) is 0. The van der Waals surface area contributed by atoms with E-state index in [1.165, 1.54) is 0 Å². The number of halogens is 1. The van der Waals surface area contributed by atoms with E-state index in [1.807, 2.05) is 0 Å². The minimum absolute atomic E-state index is 0. The van der Waals surface area contributed by atoms with E-state index in [4.69, 9.17) is 18.6 Å². The third-order valence-corrected chi connectivity index (χ3v) is 0. The second kappa shape index (κ2) is 6.60. The molecule has 0 atom stereocenters. The Kier molecular flexibility index (Phi) is 15.3. The molecule has 0 aromatic heterocycles.